The Morgan fingerprint density at radius 1 is 0.929 bits per heavy atom. The van der Waals surface area contributed by atoms with Gasteiger partial charge in [0.15, 0.2) is 17.2 Å². The number of fused-ring (bicyclic) bond motifs is 5. The summed E-state index contributed by atoms with van der Waals surface area (Å²) in [6.45, 7) is 16.5. The Balaban J connectivity index is 1.53. The van der Waals surface area contributed by atoms with Crippen LogP contribution >= 0.6 is 11.8 Å². The van der Waals surface area contributed by atoms with Crippen LogP contribution in [0.15, 0.2) is 71.8 Å². The molecule has 3 fully saturated rings. The number of thioether (sulfide) groups is 1. The number of carbonyl (C=O) groups is 7. The van der Waals surface area contributed by atoms with E-state index in [-0.39, 0.29) is 60.4 Å². The van der Waals surface area contributed by atoms with E-state index >= 15 is 9.59 Å². The molecule has 2 saturated carbocycles. The summed E-state index contributed by atoms with van der Waals surface area (Å²) in [7, 11) is 2.83. The van der Waals surface area contributed by atoms with Crippen LogP contribution in [0.5, 0.6) is 0 Å². The standard InChI is InChI=1S/C53H69NO15S/c1-29(2)36(57)26-70-27-40(58)67-44(42(33-21-17-14-18-22-33)54-48(61)69-49(5,6)7)47(60)66-37-25-53(62)34(23-35(56)32-19-15-13-16-20-32)45-51(10,46(59)43(64-12)41(30(37)3)50(53,8)9)38(63-11)24-39-52(45,28-65-39)68-31(4)55/h13-22,29,34,37-39,42-45,62H,23-28H2,1-12H3,(H,54,61)/t34-,37-,38-,39+,42-,43+,44+,45-,51+,52-,53+/m0/s1. The van der Waals surface area contributed by atoms with E-state index < -0.39 is 106 Å². The second kappa shape index (κ2) is 21.0. The number of hydrogen-bond donors (Lipinski definition) is 2. The lowest BCUT2D eigenvalue weighted by Crippen LogP contribution is -2.80. The average molecular weight is 992 g/mol. The number of methoxy groups -OCH3 is 2. The Labute approximate surface area is 414 Å². The Bertz CT molecular complexity index is 2350. The highest BCUT2D eigenvalue weighted by molar-refractivity contribution is 8.00. The van der Waals surface area contributed by atoms with Gasteiger partial charge in [-0.3, -0.25) is 24.0 Å². The van der Waals surface area contributed by atoms with Crippen molar-refractivity contribution in [2.24, 2.45) is 28.6 Å². The van der Waals surface area contributed by atoms with Crippen molar-refractivity contribution in [3.63, 3.8) is 0 Å². The van der Waals surface area contributed by atoms with Gasteiger partial charge in [-0.2, -0.15) is 0 Å². The van der Waals surface area contributed by atoms with E-state index in [1.54, 1.807) is 123 Å². The molecule has 17 heteroatoms. The molecule has 1 aliphatic heterocycles. The van der Waals surface area contributed by atoms with Gasteiger partial charge in [-0.05, 0) is 51.3 Å². The molecule has 1 saturated heterocycles. The van der Waals surface area contributed by atoms with Crippen molar-refractivity contribution in [3.8, 4) is 0 Å². The summed E-state index contributed by atoms with van der Waals surface area (Å²) in [6.07, 6.45) is -7.81. The molecule has 0 radical (unpaired) electrons. The van der Waals surface area contributed by atoms with Crippen molar-refractivity contribution < 1.29 is 71.8 Å². The molecule has 0 spiro atoms. The molecule has 1 amide bonds. The molecule has 70 heavy (non-hydrogen) atoms. The van der Waals surface area contributed by atoms with Gasteiger partial charge in [0, 0.05) is 69.1 Å². The molecule has 0 unspecified atom stereocenters. The summed E-state index contributed by atoms with van der Waals surface area (Å²) in [5.74, 6) is -6.58. The number of carbonyl (C=O) groups excluding carboxylic acids is 7. The number of hydrogen-bond acceptors (Lipinski definition) is 16. The molecule has 16 nitrogen and oxygen atoms in total. The van der Waals surface area contributed by atoms with E-state index in [4.69, 9.17) is 33.2 Å². The average Bonchev–Trinajstić information content (AvgIpc) is 3.28. The van der Waals surface area contributed by atoms with Gasteiger partial charge in [0.2, 0.25) is 6.10 Å². The Morgan fingerprint density at radius 2 is 1.56 bits per heavy atom. The number of rotatable bonds is 17. The molecule has 4 aliphatic rings. The van der Waals surface area contributed by atoms with Crippen LogP contribution in [-0.2, 0) is 57.1 Å². The summed E-state index contributed by atoms with van der Waals surface area (Å²) in [6, 6.07) is 15.4. The van der Waals surface area contributed by atoms with E-state index in [0.717, 1.165) is 11.8 Å². The van der Waals surface area contributed by atoms with Crippen molar-refractivity contribution in [3.05, 3.63) is 82.9 Å². The number of ketones is 3. The van der Waals surface area contributed by atoms with Crippen LogP contribution in [0.4, 0.5) is 4.79 Å². The monoisotopic (exact) mass is 991 g/mol. The third-order valence-corrected chi connectivity index (χ3v) is 15.8. The first-order valence-electron chi connectivity index (χ1n) is 23.7. The van der Waals surface area contributed by atoms with Crippen LogP contribution in [0.25, 0.3) is 0 Å². The summed E-state index contributed by atoms with van der Waals surface area (Å²) < 4.78 is 42.8. The molecular weight excluding hydrogens is 923 g/mol. The van der Waals surface area contributed by atoms with Gasteiger partial charge < -0.3 is 43.6 Å². The summed E-state index contributed by atoms with van der Waals surface area (Å²) in [4.78, 5) is 98.8. The summed E-state index contributed by atoms with van der Waals surface area (Å²) in [5, 5.41) is 16.8. The van der Waals surface area contributed by atoms with E-state index in [2.05, 4.69) is 5.32 Å². The number of ether oxygens (including phenoxy) is 7. The molecule has 382 valence electrons. The fraction of sp³-hybridized carbons (Fsp3) is 0.604. The van der Waals surface area contributed by atoms with Gasteiger partial charge in [0.1, 0.15) is 35.7 Å². The lowest BCUT2D eigenvalue weighted by Gasteiger charge is -2.68. The Morgan fingerprint density at radius 3 is 2.10 bits per heavy atom. The first-order chi connectivity index (χ1) is 32.8. The van der Waals surface area contributed by atoms with Gasteiger partial charge in [-0.1, -0.05) is 88.4 Å². The highest BCUT2D eigenvalue weighted by Crippen LogP contribution is 2.66. The maximum Gasteiger partial charge on any atom is 0.408 e. The highest BCUT2D eigenvalue weighted by atomic mass is 32.2. The van der Waals surface area contributed by atoms with Crippen LogP contribution < -0.4 is 5.32 Å². The first kappa shape index (κ1) is 54.4. The molecule has 2 aromatic carbocycles. The summed E-state index contributed by atoms with van der Waals surface area (Å²) in [5.41, 5.74) is -6.25. The molecule has 11 atom stereocenters. The number of Topliss-reactive ketones (excluding diaryl/α,β-unsaturated/α-hetero) is 3. The minimum atomic E-state index is -2.08. The number of benzene rings is 2. The van der Waals surface area contributed by atoms with Gasteiger partial charge in [0.05, 0.1) is 35.2 Å². The maximum atomic E-state index is 15.8. The van der Waals surface area contributed by atoms with Crippen molar-refractivity contribution in [2.45, 2.75) is 142 Å². The smallest absolute Gasteiger partial charge is 0.408 e. The second-order valence-corrected chi connectivity index (χ2v) is 22.0. The number of aliphatic hydroxyl groups is 1. The molecule has 2 bridgehead atoms. The van der Waals surface area contributed by atoms with Crippen LogP contribution in [0.2, 0.25) is 0 Å². The molecule has 3 aliphatic carbocycles. The molecule has 2 aromatic rings. The first-order valence-corrected chi connectivity index (χ1v) is 24.9. The van der Waals surface area contributed by atoms with Crippen LogP contribution in [0.3, 0.4) is 0 Å². The van der Waals surface area contributed by atoms with Gasteiger partial charge in [0.25, 0.3) is 0 Å². The zero-order valence-electron chi connectivity index (χ0n) is 42.3. The zero-order chi connectivity index (χ0) is 51.7. The van der Waals surface area contributed by atoms with Crippen LogP contribution in [0, 0.1) is 28.6 Å². The van der Waals surface area contributed by atoms with E-state index in [1.165, 1.54) is 21.1 Å². The van der Waals surface area contributed by atoms with Gasteiger partial charge >= 0.3 is 24.0 Å². The molecule has 0 aromatic heterocycles. The molecule has 6 rings (SSSR count). The Hall–Kier alpha value is -4.94. The largest absolute Gasteiger partial charge is 0.455 e. The minimum Gasteiger partial charge on any atom is -0.455 e. The molecule has 1 heterocycles. The third-order valence-electron chi connectivity index (χ3n) is 14.9. The fourth-order valence-electron chi connectivity index (χ4n) is 11.4. The fourth-order valence-corrected chi connectivity index (χ4v) is 12.3. The number of nitrogens with one attached hydrogen (secondary N) is 1. The predicted octanol–water partition coefficient (Wildman–Crippen LogP) is 6.74. The van der Waals surface area contributed by atoms with Gasteiger partial charge in [-0.15, -0.1) is 11.8 Å². The maximum absolute atomic E-state index is 15.8. The van der Waals surface area contributed by atoms with Gasteiger partial charge in [-0.25, -0.2) is 9.59 Å². The minimum absolute atomic E-state index is 0.00741. The number of alkyl carbamates (subject to hydrolysis) is 1. The van der Waals surface area contributed by atoms with Crippen LogP contribution in [0.1, 0.15) is 110 Å². The Kier molecular flexibility index (Phi) is 16.3. The SMILES string of the molecule is CO[C@H]1C(=O)[C@]2(C)[C@@H](OC)C[C@H]3OC[C@@]3(OC(C)=O)[C@H]2[C@H](CC(=O)c2ccccc2)[C@]2(O)C[C@H](OC(=O)[C@H](OC(=O)CSCC(=O)C(C)C)[C@@H](NC(=O)OC(C)(C)C)c3ccccc3)C(C)=C1C2(C)C. The van der Waals surface area contributed by atoms with E-state index in [0.29, 0.717) is 16.7 Å². The predicted molar refractivity (Wildman–Crippen MR) is 257 cm³/mol. The topological polar surface area (TPSA) is 216 Å². The van der Waals surface area contributed by atoms with Crippen molar-refractivity contribution in [2.75, 3.05) is 32.3 Å². The van der Waals surface area contributed by atoms with E-state index in [9.17, 15) is 29.1 Å². The lowest BCUT2D eigenvalue weighted by molar-refractivity contribution is -0.341. The normalized spacial score (nSPS) is 29.9. The van der Waals surface area contributed by atoms with E-state index in [1.807, 2.05) is 0 Å². The number of amides is 1. The lowest BCUT2D eigenvalue weighted by atomic mass is 9.41. The number of esters is 3. The summed E-state index contributed by atoms with van der Waals surface area (Å²) >= 11 is 1.01. The molecular formula is C53H69NO15S. The van der Waals surface area contributed by atoms with Crippen molar-refractivity contribution in [1.82, 2.24) is 5.32 Å². The highest BCUT2D eigenvalue weighted by Gasteiger charge is 2.77. The van der Waals surface area contributed by atoms with Crippen molar-refractivity contribution in [1.29, 1.82) is 0 Å². The van der Waals surface area contributed by atoms with Crippen LogP contribution in [-0.4, -0.2) is 126 Å². The molecule has 2 N–H and O–H groups in total. The van der Waals surface area contributed by atoms with Crippen molar-refractivity contribution >= 4 is 53.1 Å². The third kappa shape index (κ3) is 10.4. The second-order valence-electron chi connectivity index (χ2n) is 21.0. The quantitative estimate of drug-likeness (QED) is 0.0726. The zero-order valence-corrected chi connectivity index (χ0v) is 43.1.